The van der Waals surface area contributed by atoms with Crippen LogP contribution < -0.4 is 4.90 Å². The van der Waals surface area contributed by atoms with Crippen LogP contribution in [0.25, 0.3) is 11.4 Å². The number of nitriles is 1. The zero-order valence-corrected chi connectivity index (χ0v) is 17.1. The van der Waals surface area contributed by atoms with Crippen molar-refractivity contribution >= 4 is 5.69 Å². The Kier molecular flexibility index (Phi) is 5.84. The van der Waals surface area contributed by atoms with Gasteiger partial charge in [-0.3, -0.25) is 4.90 Å². The third kappa shape index (κ3) is 4.29. The van der Waals surface area contributed by atoms with Crippen LogP contribution in [0.5, 0.6) is 0 Å². The van der Waals surface area contributed by atoms with Gasteiger partial charge in [0.25, 0.3) is 0 Å². The van der Waals surface area contributed by atoms with Gasteiger partial charge in [-0.25, -0.2) is 4.39 Å². The lowest BCUT2D eigenvalue weighted by molar-refractivity contribution is -0.137. The number of nitrogens with zero attached hydrogens (tertiary/aromatic N) is 5. The largest absolute Gasteiger partial charge is 0.416 e. The molecule has 2 aromatic carbocycles. The average molecular weight is 445 g/mol. The molecule has 0 radical (unpaired) electrons. The molecule has 1 saturated heterocycles. The Hall–Kier alpha value is -3.45. The van der Waals surface area contributed by atoms with Crippen LogP contribution in [0.2, 0.25) is 0 Å². The van der Waals surface area contributed by atoms with Gasteiger partial charge < -0.3 is 9.42 Å². The molecular weight excluding hydrogens is 426 g/mol. The standard InChI is InChI=1S/C22H19F4N5O/c1-14(21-28-20(29-32-21)15-4-2-5-16(12-15)22(24,25)26)30-8-10-31(11-9-30)19-7-3-6-18(23)17(19)13-27/h2-7,12,14H,8-11H2,1H3. The zero-order valence-electron chi connectivity index (χ0n) is 17.1. The van der Waals surface area contributed by atoms with Crippen molar-refractivity contribution in [3.63, 3.8) is 0 Å². The zero-order chi connectivity index (χ0) is 22.9. The molecule has 0 saturated carbocycles. The average Bonchev–Trinajstić information content (AvgIpc) is 3.28. The number of anilines is 1. The highest BCUT2D eigenvalue weighted by molar-refractivity contribution is 5.60. The lowest BCUT2D eigenvalue weighted by Crippen LogP contribution is -2.47. The molecule has 0 N–H and O–H groups in total. The molecule has 1 atom stereocenters. The SMILES string of the molecule is CC(c1nc(-c2cccc(C(F)(F)F)c2)no1)N1CCN(c2cccc(F)c2C#N)CC1. The van der Waals surface area contributed by atoms with Gasteiger partial charge in [-0.05, 0) is 31.2 Å². The molecule has 3 aromatic rings. The molecule has 10 heteroatoms. The molecule has 1 aliphatic heterocycles. The van der Waals surface area contributed by atoms with Gasteiger partial charge in [0.15, 0.2) is 0 Å². The van der Waals surface area contributed by atoms with E-state index in [-0.39, 0.29) is 23.0 Å². The van der Waals surface area contributed by atoms with E-state index in [1.807, 2.05) is 17.9 Å². The summed E-state index contributed by atoms with van der Waals surface area (Å²) in [5.74, 6) is -0.155. The van der Waals surface area contributed by atoms with Gasteiger partial charge in [0.05, 0.1) is 17.3 Å². The first-order valence-corrected chi connectivity index (χ1v) is 9.97. The Morgan fingerprint density at radius 2 is 1.81 bits per heavy atom. The number of hydrogen-bond acceptors (Lipinski definition) is 6. The van der Waals surface area contributed by atoms with Crippen molar-refractivity contribution in [2.24, 2.45) is 0 Å². The number of halogens is 4. The highest BCUT2D eigenvalue weighted by atomic mass is 19.4. The van der Waals surface area contributed by atoms with Gasteiger partial charge in [-0.15, -0.1) is 0 Å². The number of hydrogen-bond donors (Lipinski definition) is 0. The van der Waals surface area contributed by atoms with Gasteiger partial charge >= 0.3 is 6.18 Å². The minimum Gasteiger partial charge on any atom is -0.368 e. The molecule has 0 aliphatic carbocycles. The molecule has 1 unspecified atom stereocenters. The van der Waals surface area contributed by atoms with Crippen LogP contribution in [0, 0.1) is 17.1 Å². The third-order valence-corrected chi connectivity index (χ3v) is 5.55. The fraction of sp³-hybridized carbons (Fsp3) is 0.318. The second-order valence-corrected chi connectivity index (χ2v) is 7.48. The summed E-state index contributed by atoms with van der Waals surface area (Å²) >= 11 is 0. The van der Waals surface area contributed by atoms with E-state index in [4.69, 9.17) is 4.52 Å². The summed E-state index contributed by atoms with van der Waals surface area (Å²) in [4.78, 5) is 8.34. The van der Waals surface area contributed by atoms with Crippen LogP contribution in [0.1, 0.15) is 30.0 Å². The molecule has 1 aromatic heterocycles. The second kappa shape index (κ2) is 8.59. The first-order chi connectivity index (χ1) is 15.3. The van der Waals surface area contributed by atoms with E-state index in [9.17, 15) is 22.8 Å². The first-order valence-electron chi connectivity index (χ1n) is 9.97. The number of rotatable bonds is 4. The highest BCUT2D eigenvalue weighted by Gasteiger charge is 2.31. The molecule has 0 bridgehead atoms. The van der Waals surface area contributed by atoms with Gasteiger partial charge in [0.2, 0.25) is 11.7 Å². The van der Waals surface area contributed by atoms with E-state index < -0.39 is 17.6 Å². The maximum absolute atomic E-state index is 13.9. The molecule has 1 fully saturated rings. The maximum atomic E-state index is 13.9. The van der Waals surface area contributed by atoms with Crippen molar-refractivity contribution in [3.8, 4) is 17.5 Å². The Balaban J connectivity index is 1.45. The molecule has 4 rings (SSSR count). The Labute approximate surface area is 181 Å². The summed E-state index contributed by atoms with van der Waals surface area (Å²) in [7, 11) is 0. The van der Waals surface area contributed by atoms with Crippen LogP contribution >= 0.6 is 0 Å². The van der Waals surface area contributed by atoms with Gasteiger partial charge in [0.1, 0.15) is 17.4 Å². The number of alkyl halides is 3. The molecule has 32 heavy (non-hydrogen) atoms. The van der Waals surface area contributed by atoms with E-state index in [1.165, 1.54) is 18.2 Å². The van der Waals surface area contributed by atoms with Gasteiger partial charge in [-0.1, -0.05) is 23.4 Å². The number of benzene rings is 2. The molecule has 2 heterocycles. The molecule has 0 amide bonds. The van der Waals surface area contributed by atoms with Crippen LogP contribution in [-0.2, 0) is 6.18 Å². The highest BCUT2D eigenvalue weighted by Crippen LogP contribution is 2.32. The topological polar surface area (TPSA) is 69.2 Å². The van der Waals surface area contributed by atoms with Crippen molar-refractivity contribution in [1.29, 1.82) is 5.26 Å². The smallest absolute Gasteiger partial charge is 0.368 e. The second-order valence-electron chi connectivity index (χ2n) is 7.48. The van der Waals surface area contributed by atoms with Crippen molar-refractivity contribution in [2.45, 2.75) is 19.1 Å². The van der Waals surface area contributed by atoms with E-state index in [2.05, 4.69) is 15.0 Å². The van der Waals surface area contributed by atoms with Crippen LogP contribution in [0.15, 0.2) is 47.0 Å². The van der Waals surface area contributed by atoms with Gasteiger partial charge in [-0.2, -0.15) is 23.4 Å². The molecule has 1 aliphatic rings. The van der Waals surface area contributed by atoms with Crippen LogP contribution in [-0.4, -0.2) is 41.2 Å². The Bertz CT molecular complexity index is 1150. The summed E-state index contributed by atoms with van der Waals surface area (Å²) in [6.45, 7) is 4.21. The predicted octanol–water partition coefficient (Wildman–Crippen LogP) is 4.65. The predicted molar refractivity (Wildman–Crippen MR) is 108 cm³/mol. The molecule has 0 spiro atoms. The fourth-order valence-electron chi connectivity index (χ4n) is 3.75. The summed E-state index contributed by atoms with van der Waals surface area (Å²) in [5, 5.41) is 13.1. The Morgan fingerprint density at radius 1 is 1.09 bits per heavy atom. The lowest BCUT2D eigenvalue weighted by Gasteiger charge is -2.38. The Morgan fingerprint density at radius 3 is 2.50 bits per heavy atom. The molecule has 6 nitrogen and oxygen atoms in total. The van der Waals surface area contributed by atoms with Crippen molar-refractivity contribution in [1.82, 2.24) is 15.0 Å². The van der Waals surface area contributed by atoms with Crippen molar-refractivity contribution < 1.29 is 22.1 Å². The molecule has 166 valence electrons. The summed E-state index contributed by atoms with van der Waals surface area (Å²) in [5.41, 5.74) is 0.0302. The van der Waals surface area contributed by atoms with Gasteiger partial charge in [0, 0.05) is 31.7 Å². The van der Waals surface area contributed by atoms with Crippen LogP contribution in [0.4, 0.5) is 23.2 Å². The van der Waals surface area contributed by atoms with Crippen molar-refractivity contribution in [2.75, 3.05) is 31.1 Å². The summed E-state index contributed by atoms with van der Waals surface area (Å²) in [6.07, 6.45) is -4.46. The van der Waals surface area contributed by atoms with Crippen LogP contribution in [0.3, 0.4) is 0 Å². The van der Waals surface area contributed by atoms with E-state index in [0.29, 0.717) is 37.8 Å². The quantitative estimate of drug-likeness (QED) is 0.545. The summed E-state index contributed by atoms with van der Waals surface area (Å²) in [6, 6.07) is 11.0. The third-order valence-electron chi connectivity index (χ3n) is 5.55. The minimum atomic E-state index is -4.46. The minimum absolute atomic E-state index is 0.0247. The monoisotopic (exact) mass is 445 g/mol. The normalized spacial score (nSPS) is 16.1. The lowest BCUT2D eigenvalue weighted by atomic mass is 10.1. The fourth-order valence-corrected chi connectivity index (χ4v) is 3.75. The maximum Gasteiger partial charge on any atom is 0.416 e. The first kappa shape index (κ1) is 21.8. The van der Waals surface area contributed by atoms with E-state index in [0.717, 1.165) is 12.1 Å². The number of piperazine rings is 1. The van der Waals surface area contributed by atoms with E-state index in [1.54, 1.807) is 12.1 Å². The van der Waals surface area contributed by atoms with Crippen molar-refractivity contribution in [3.05, 3.63) is 65.3 Å². The molecular formula is C22H19F4N5O. The number of aromatic nitrogens is 2. The van der Waals surface area contributed by atoms with E-state index >= 15 is 0 Å². The summed E-state index contributed by atoms with van der Waals surface area (Å²) < 4.78 is 58.2.